The molecule has 186 valence electrons. The van der Waals surface area contributed by atoms with Crippen molar-refractivity contribution in [3.63, 3.8) is 0 Å². The molecule has 2 fully saturated rings. The number of hydrogen-bond acceptors (Lipinski definition) is 5. The number of likely N-dealkylation sites (tertiary alicyclic amines) is 1. The third-order valence-electron chi connectivity index (χ3n) is 7.96. The molecule has 0 aliphatic carbocycles. The summed E-state index contributed by atoms with van der Waals surface area (Å²) in [5, 5.41) is 10.0. The zero-order valence-electron chi connectivity index (χ0n) is 20.6. The molecule has 0 bridgehead atoms. The average molecular weight is 496 g/mol. The minimum atomic E-state index is -0.889. The van der Waals surface area contributed by atoms with Crippen LogP contribution in [0.15, 0.2) is 54.6 Å². The Balaban J connectivity index is 1.67. The molecule has 6 atom stereocenters. The third kappa shape index (κ3) is 3.40. The van der Waals surface area contributed by atoms with Gasteiger partial charge in [0.1, 0.15) is 6.04 Å². The van der Waals surface area contributed by atoms with Gasteiger partial charge in [0.15, 0.2) is 0 Å². The summed E-state index contributed by atoms with van der Waals surface area (Å²) in [5.41, 5.74) is 0.790. The highest BCUT2D eigenvalue weighted by molar-refractivity contribution is 8.02. The lowest BCUT2D eigenvalue weighted by molar-refractivity contribution is -0.146. The van der Waals surface area contributed by atoms with Gasteiger partial charge in [0.2, 0.25) is 17.7 Å². The van der Waals surface area contributed by atoms with E-state index in [1.807, 2.05) is 69.3 Å². The molecule has 35 heavy (non-hydrogen) atoms. The van der Waals surface area contributed by atoms with Crippen molar-refractivity contribution in [3.05, 3.63) is 54.6 Å². The van der Waals surface area contributed by atoms with Crippen molar-refractivity contribution < 1.29 is 19.5 Å². The second kappa shape index (κ2) is 8.52. The number of hydrogen-bond donors (Lipinski definition) is 1. The monoisotopic (exact) mass is 495 g/mol. The van der Waals surface area contributed by atoms with Crippen LogP contribution in [0.5, 0.6) is 0 Å². The van der Waals surface area contributed by atoms with Crippen LogP contribution in [0.3, 0.4) is 0 Å². The zero-order valence-corrected chi connectivity index (χ0v) is 21.4. The number of thioether (sulfide) groups is 1. The summed E-state index contributed by atoms with van der Waals surface area (Å²) in [6.45, 7) is 8.36. The Morgan fingerprint density at radius 3 is 2.31 bits per heavy atom. The largest absolute Gasteiger partial charge is 0.394 e. The van der Waals surface area contributed by atoms with E-state index in [9.17, 15) is 19.5 Å². The molecule has 1 aromatic carbocycles. The van der Waals surface area contributed by atoms with Crippen molar-refractivity contribution in [1.82, 2.24) is 9.80 Å². The van der Waals surface area contributed by atoms with Crippen molar-refractivity contribution in [3.8, 4) is 0 Å². The van der Waals surface area contributed by atoms with E-state index in [1.165, 1.54) is 0 Å². The number of anilines is 1. The molecule has 0 aromatic heterocycles. The molecule has 0 saturated carbocycles. The predicted octanol–water partition coefficient (Wildman–Crippen LogP) is 2.46. The molecular formula is C27H33N3O4S. The van der Waals surface area contributed by atoms with Crippen LogP contribution in [0.1, 0.15) is 27.7 Å². The van der Waals surface area contributed by atoms with E-state index in [1.54, 1.807) is 33.4 Å². The highest BCUT2D eigenvalue weighted by Gasteiger charge is 2.74. The van der Waals surface area contributed by atoms with Gasteiger partial charge in [0, 0.05) is 29.6 Å². The number of fused-ring (bicyclic) bond motifs is 2. The Labute approximate surface area is 210 Å². The molecule has 0 radical (unpaired) electrons. The lowest BCUT2D eigenvalue weighted by atomic mass is 9.74. The maximum absolute atomic E-state index is 14.2. The molecule has 1 N–H and O–H groups in total. The molecule has 1 unspecified atom stereocenters. The summed E-state index contributed by atoms with van der Waals surface area (Å²) in [5.74, 6) is -1.79. The molecule has 7 nitrogen and oxygen atoms in total. The number of benzene rings is 1. The van der Waals surface area contributed by atoms with Crippen LogP contribution in [-0.2, 0) is 14.4 Å². The molecule has 1 aromatic rings. The summed E-state index contributed by atoms with van der Waals surface area (Å²) in [4.78, 5) is 47.5. The summed E-state index contributed by atoms with van der Waals surface area (Å²) in [7, 11) is 0. The fourth-order valence-corrected chi connectivity index (χ4v) is 8.49. The van der Waals surface area contributed by atoms with Gasteiger partial charge in [-0.1, -0.05) is 42.5 Å². The van der Waals surface area contributed by atoms with Crippen LogP contribution in [0, 0.1) is 11.8 Å². The quantitative estimate of drug-likeness (QED) is 0.649. The fraction of sp³-hybridized carbons (Fsp3) is 0.519. The minimum absolute atomic E-state index is 0.0368. The number of carbonyl (C=O) groups excluding carboxylic acids is 3. The molecule has 2 saturated heterocycles. The second-order valence-electron chi connectivity index (χ2n) is 10.4. The number of aliphatic hydroxyl groups excluding tert-OH is 1. The highest BCUT2D eigenvalue weighted by atomic mass is 32.2. The first-order valence-corrected chi connectivity index (χ1v) is 13.1. The van der Waals surface area contributed by atoms with E-state index in [-0.39, 0.29) is 30.4 Å². The average Bonchev–Trinajstić information content (AvgIpc) is 3.10. The molecule has 4 heterocycles. The zero-order chi connectivity index (χ0) is 25.1. The van der Waals surface area contributed by atoms with E-state index < -0.39 is 33.4 Å². The van der Waals surface area contributed by atoms with Crippen LogP contribution >= 0.6 is 11.8 Å². The Morgan fingerprint density at radius 2 is 1.66 bits per heavy atom. The van der Waals surface area contributed by atoms with Crippen molar-refractivity contribution in [2.24, 2.45) is 11.8 Å². The van der Waals surface area contributed by atoms with Crippen molar-refractivity contribution in [2.75, 3.05) is 24.6 Å². The lowest BCUT2D eigenvalue weighted by Crippen LogP contribution is -2.57. The van der Waals surface area contributed by atoms with Crippen molar-refractivity contribution >= 4 is 35.2 Å². The maximum atomic E-state index is 14.2. The Kier molecular flexibility index (Phi) is 5.87. The van der Waals surface area contributed by atoms with E-state index in [0.29, 0.717) is 13.1 Å². The topological polar surface area (TPSA) is 81.2 Å². The van der Waals surface area contributed by atoms with Crippen molar-refractivity contribution in [1.29, 1.82) is 0 Å². The normalized spacial score (nSPS) is 35.2. The number of nitrogens with zero attached hydrogens (tertiary/aromatic N) is 3. The first-order valence-electron chi connectivity index (χ1n) is 12.3. The van der Waals surface area contributed by atoms with Crippen LogP contribution in [0.2, 0.25) is 0 Å². The van der Waals surface area contributed by atoms with Gasteiger partial charge in [-0.05, 0) is 39.8 Å². The van der Waals surface area contributed by atoms with Gasteiger partial charge >= 0.3 is 0 Å². The molecule has 3 amide bonds. The standard InChI is InChI=1S/C27H33N3O4S/c1-17(2)28-14-9-13-27-21(24(33)30(18(3)16-31)22(27)25(28)34)20-23(32)29(19-10-6-5-7-11-19)15-8-12-26(20,4)35-27/h5-13,17-18,20-22,31H,14-16H2,1-4H3/t18-,20+,21+,22?,26-,27+/m1/s1. The number of para-hydroxylation sites is 1. The Hall–Kier alpha value is -2.58. The molecule has 8 heteroatoms. The van der Waals surface area contributed by atoms with Gasteiger partial charge < -0.3 is 19.8 Å². The van der Waals surface area contributed by atoms with E-state index in [0.717, 1.165) is 5.69 Å². The second-order valence-corrected chi connectivity index (χ2v) is 12.2. The van der Waals surface area contributed by atoms with Crippen LogP contribution < -0.4 is 4.90 Å². The predicted molar refractivity (Wildman–Crippen MR) is 137 cm³/mol. The molecule has 4 aliphatic rings. The molecule has 4 aliphatic heterocycles. The SMILES string of the molecule is CC(C)N1CC=C[C@]23S[C@]4(C)C=CCN(c5ccccc5)C(=O)[C@@H]4[C@H]2C(=O)N([C@H](C)CO)C3C1=O. The van der Waals surface area contributed by atoms with Gasteiger partial charge in [-0.3, -0.25) is 14.4 Å². The molecule has 5 rings (SSSR count). The van der Waals surface area contributed by atoms with Gasteiger partial charge in [0.25, 0.3) is 0 Å². The highest BCUT2D eigenvalue weighted by Crippen LogP contribution is 2.65. The van der Waals surface area contributed by atoms with Gasteiger partial charge in [-0.2, -0.15) is 0 Å². The summed E-state index contributed by atoms with van der Waals surface area (Å²) >= 11 is 1.57. The van der Waals surface area contributed by atoms with Crippen molar-refractivity contribution in [2.45, 2.75) is 55.3 Å². The third-order valence-corrected chi connectivity index (χ3v) is 9.75. The molecule has 1 spiro atoms. The van der Waals surface area contributed by atoms with Gasteiger partial charge in [-0.25, -0.2) is 0 Å². The number of amides is 3. The fourth-order valence-electron chi connectivity index (χ4n) is 6.35. The van der Waals surface area contributed by atoms with E-state index in [4.69, 9.17) is 0 Å². The smallest absolute Gasteiger partial charge is 0.247 e. The van der Waals surface area contributed by atoms with E-state index >= 15 is 0 Å². The summed E-state index contributed by atoms with van der Waals surface area (Å²) < 4.78 is -1.54. The van der Waals surface area contributed by atoms with Gasteiger partial charge in [-0.15, -0.1) is 11.8 Å². The van der Waals surface area contributed by atoms with Crippen LogP contribution in [-0.4, -0.2) is 79.9 Å². The summed E-state index contributed by atoms with van der Waals surface area (Å²) in [6, 6.07) is 8.17. The van der Waals surface area contributed by atoms with Crippen LogP contribution in [0.25, 0.3) is 0 Å². The molecular weight excluding hydrogens is 462 g/mol. The summed E-state index contributed by atoms with van der Waals surface area (Å²) in [6.07, 6.45) is 8.06. The minimum Gasteiger partial charge on any atom is -0.394 e. The van der Waals surface area contributed by atoms with E-state index in [2.05, 4.69) is 6.08 Å². The number of carbonyl (C=O) groups is 3. The number of rotatable bonds is 4. The Morgan fingerprint density at radius 1 is 0.971 bits per heavy atom. The first kappa shape index (κ1) is 24.1. The maximum Gasteiger partial charge on any atom is 0.247 e. The number of aliphatic hydroxyl groups is 1. The first-order chi connectivity index (χ1) is 16.7. The van der Waals surface area contributed by atoms with Crippen LogP contribution in [0.4, 0.5) is 5.69 Å². The van der Waals surface area contributed by atoms with Gasteiger partial charge in [0.05, 0.1) is 29.2 Å². The Bertz CT molecular complexity index is 1100. The lowest BCUT2D eigenvalue weighted by Gasteiger charge is -2.39.